The molecule has 5 rings (SSSR count). The van der Waals surface area contributed by atoms with E-state index >= 15 is 0 Å². The van der Waals surface area contributed by atoms with Gasteiger partial charge in [-0.3, -0.25) is 4.99 Å². The minimum atomic E-state index is -0.00950. The number of nitrogens with zero attached hydrogens (tertiary/aromatic N) is 3. The van der Waals surface area contributed by atoms with Gasteiger partial charge in [0.15, 0.2) is 5.17 Å². The van der Waals surface area contributed by atoms with E-state index in [0.29, 0.717) is 17.2 Å². The Kier molecular flexibility index (Phi) is 6.66. The lowest BCUT2D eigenvalue weighted by Crippen LogP contribution is -2.44. The van der Waals surface area contributed by atoms with Gasteiger partial charge >= 0.3 is 0 Å². The second-order valence-corrected chi connectivity index (χ2v) is 11.9. The zero-order valence-electron chi connectivity index (χ0n) is 20.1. The Morgan fingerprint density at radius 3 is 2.73 bits per heavy atom. The summed E-state index contributed by atoms with van der Waals surface area (Å²) in [4.78, 5) is 12.3. The number of likely N-dealkylation sites (tertiary alicyclic amines) is 1. The van der Waals surface area contributed by atoms with E-state index in [2.05, 4.69) is 48.1 Å². The molecule has 6 heteroatoms. The molecule has 0 spiro atoms. The molecule has 1 aromatic carbocycles. The van der Waals surface area contributed by atoms with Gasteiger partial charge in [-0.1, -0.05) is 63.6 Å². The number of aromatic nitrogens is 1. The van der Waals surface area contributed by atoms with E-state index < -0.39 is 0 Å². The van der Waals surface area contributed by atoms with Gasteiger partial charge in [0, 0.05) is 36.6 Å². The summed E-state index contributed by atoms with van der Waals surface area (Å²) in [5, 5.41) is 5.08. The van der Waals surface area contributed by atoms with Crippen LogP contribution in [0.25, 0.3) is 0 Å². The largest absolute Gasteiger partial charge is 0.437 e. The van der Waals surface area contributed by atoms with E-state index in [4.69, 9.17) is 9.73 Å². The van der Waals surface area contributed by atoms with Crippen LogP contribution in [-0.2, 0) is 5.41 Å². The summed E-state index contributed by atoms with van der Waals surface area (Å²) in [5.41, 5.74) is 2.03. The highest BCUT2D eigenvalue weighted by molar-refractivity contribution is 8.15. The number of benzene rings is 1. The molecule has 3 heterocycles. The maximum absolute atomic E-state index is 6.34. The molecule has 2 fully saturated rings. The highest BCUT2D eigenvalue weighted by atomic mass is 32.2. The summed E-state index contributed by atoms with van der Waals surface area (Å²) in [6.45, 7) is 10.2. The van der Waals surface area contributed by atoms with Crippen LogP contribution in [0.3, 0.4) is 0 Å². The summed E-state index contributed by atoms with van der Waals surface area (Å²) in [6, 6.07) is 12.6. The van der Waals surface area contributed by atoms with Gasteiger partial charge in [-0.2, -0.15) is 0 Å². The van der Waals surface area contributed by atoms with Gasteiger partial charge in [0.25, 0.3) is 0 Å². The molecule has 33 heavy (non-hydrogen) atoms. The fraction of sp³-hybridized carbons (Fsp3) is 0.556. The lowest BCUT2D eigenvalue weighted by molar-refractivity contribution is 0.191. The summed E-state index contributed by atoms with van der Waals surface area (Å²) in [7, 11) is 0. The standard InChI is InChI=1S/C27H36N4OS/c1-27(2,3)20-11-6-7-13-23(20)32-25-22(12-8-15-28-25)30-26-29-21-14-16-31(18-24(21)33-26)17-19-9-4-5-10-19/h6-8,11-13,15,19,21,24H,4-5,9-10,14,16-18H2,1-3H3,(H,29,30). The number of fused-ring (bicyclic) bond motifs is 1. The van der Waals surface area contributed by atoms with E-state index in [-0.39, 0.29) is 5.41 Å². The van der Waals surface area contributed by atoms with Gasteiger partial charge in [0.05, 0.1) is 6.04 Å². The lowest BCUT2D eigenvalue weighted by atomic mass is 9.86. The van der Waals surface area contributed by atoms with Gasteiger partial charge < -0.3 is 15.0 Å². The van der Waals surface area contributed by atoms with Crippen LogP contribution in [0.15, 0.2) is 47.6 Å². The van der Waals surface area contributed by atoms with Crippen molar-refractivity contribution in [2.24, 2.45) is 10.9 Å². The molecule has 1 saturated carbocycles. The zero-order chi connectivity index (χ0) is 22.8. The predicted octanol–water partition coefficient (Wildman–Crippen LogP) is 6.32. The Morgan fingerprint density at radius 1 is 1.09 bits per heavy atom. The first-order chi connectivity index (χ1) is 16.0. The Balaban J connectivity index is 1.25. The molecule has 0 bridgehead atoms. The molecule has 1 N–H and O–H groups in total. The summed E-state index contributed by atoms with van der Waals surface area (Å²) < 4.78 is 6.34. The first kappa shape index (κ1) is 22.7. The number of anilines is 1. The van der Waals surface area contributed by atoms with Crippen LogP contribution < -0.4 is 10.1 Å². The van der Waals surface area contributed by atoms with Crippen LogP contribution in [0.2, 0.25) is 0 Å². The molecule has 2 aliphatic heterocycles. The highest BCUT2D eigenvalue weighted by Crippen LogP contribution is 2.38. The molecule has 0 radical (unpaired) electrons. The average molecular weight is 465 g/mol. The summed E-state index contributed by atoms with van der Waals surface area (Å²) >= 11 is 1.89. The van der Waals surface area contributed by atoms with Crippen molar-refractivity contribution >= 4 is 22.6 Å². The van der Waals surface area contributed by atoms with Crippen molar-refractivity contribution in [1.82, 2.24) is 9.88 Å². The van der Waals surface area contributed by atoms with Crippen LogP contribution in [0.5, 0.6) is 11.6 Å². The minimum absolute atomic E-state index is 0.00950. The molecule has 1 aromatic heterocycles. The van der Waals surface area contributed by atoms with E-state index in [0.717, 1.165) is 35.5 Å². The smallest absolute Gasteiger partial charge is 0.243 e. The van der Waals surface area contributed by atoms with Gasteiger partial charge in [-0.25, -0.2) is 4.98 Å². The third-order valence-electron chi connectivity index (χ3n) is 7.06. The first-order valence-corrected chi connectivity index (χ1v) is 13.3. The number of thioether (sulfide) groups is 1. The molecule has 2 unspecified atom stereocenters. The molecule has 2 atom stereocenters. The van der Waals surface area contributed by atoms with Gasteiger partial charge in [-0.15, -0.1) is 0 Å². The van der Waals surface area contributed by atoms with Crippen molar-refractivity contribution in [1.29, 1.82) is 0 Å². The van der Waals surface area contributed by atoms with Crippen molar-refractivity contribution in [2.45, 2.75) is 69.6 Å². The molecule has 1 saturated heterocycles. The molecule has 0 amide bonds. The molecular formula is C27H36N4OS. The van der Waals surface area contributed by atoms with Crippen LogP contribution in [0, 0.1) is 5.92 Å². The topological polar surface area (TPSA) is 49.8 Å². The number of pyridine rings is 1. The predicted molar refractivity (Wildman–Crippen MR) is 139 cm³/mol. The Bertz CT molecular complexity index is 996. The number of hydrogen-bond donors (Lipinski definition) is 1. The zero-order valence-corrected chi connectivity index (χ0v) is 20.9. The number of rotatable bonds is 5. The molecular weight excluding hydrogens is 428 g/mol. The van der Waals surface area contributed by atoms with Gasteiger partial charge in [0.2, 0.25) is 5.88 Å². The number of ether oxygens (including phenoxy) is 1. The summed E-state index contributed by atoms with van der Waals surface area (Å²) in [6.07, 6.45) is 8.63. The lowest BCUT2D eigenvalue weighted by Gasteiger charge is -2.34. The van der Waals surface area contributed by atoms with Crippen molar-refractivity contribution in [3.8, 4) is 11.6 Å². The second kappa shape index (κ2) is 9.67. The van der Waals surface area contributed by atoms with Crippen molar-refractivity contribution < 1.29 is 4.74 Å². The van der Waals surface area contributed by atoms with E-state index in [9.17, 15) is 0 Å². The van der Waals surface area contributed by atoms with Crippen molar-refractivity contribution in [3.05, 3.63) is 48.2 Å². The maximum atomic E-state index is 6.34. The minimum Gasteiger partial charge on any atom is -0.437 e. The SMILES string of the molecule is CC(C)(C)c1ccccc1Oc1ncccc1NC1=NC2CCN(CC3CCCC3)CC2S1. The fourth-order valence-electron chi connectivity index (χ4n) is 5.30. The quantitative estimate of drug-likeness (QED) is 0.561. The normalized spacial score (nSPS) is 23.9. The molecule has 176 valence electrons. The molecule has 5 nitrogen and oxygen atoms in total. The van der Waals surface area contributed by atoms with Crippen LogP contribution >= 0.6 is 11.8 Å². The number of amidine groups is 1. The average Bonchev–Trinajstić information content (AvgIpc) is 3.44. The highest BCUT2D eigenvalue weighted by Gasteiger charge is 2.36. The van der Waals surface area contributed by atoms with Crippen molar-refractivity contribution in [3.63, 3.8) is 0 Å². The Hall–Kier alpha value is -2.05. The van der Waals surface area contributed by atoms with Crippen LogP contribution in [0.1, 0.15) is 58.4 Å². The number of hydrogen-bond acceptors (Lipinski definition) is 6. The third kappa shape index (κ3) is 5.38. The molecule has 2 aromatic rings. The molecule has 3 aliphatic rings. The monoisotopic (exact) mass is 464 g/mol. The Labute approximate surface area is 202 Å². The van der Waals surface area contributed by atoms with E-state index in [1.807, 2.05) is 36.0 Å². The van der Waals surface area contributed by atoms with Gasteiger partial charge in [-0.05, 0) is 48.8 Å². The van der Waals surface area contributed by atoms with Crippen LogP contribution in [-0.4, -0.2) is 46.0 Å². The maximum Gasteiger partial charge on any atom is 0.243 e. The van der Waals surface area contributed by atoms with Crippen LogP contribution in [0.4, 0.5) is 5.69 Å². The number of aliphatic imine (C=N–C) groups is 1. The number of piperidine rings is 1. The Morgan fingerprint density at radius 2 is 1.91 bits per heavy atom. The first-order valence-electron chi connectivity index (χ1n) is 12.4. The van der Waals surface area contributed by atoms with E-state index in [1.54, 1.807) is 6.20 Å². The second-order valence-electron chi connectivity index (χ2n) is 10.7. The van der Waals surface area contributed by atoms with Crippen molar-refractivity contribution in [2.75, 3.05) is 25.0 Å². The van der Waals surface area contributed by atoms with E-state index in [1.165, 1.54) is 44.3 Å². The fourth-order valence-corrected chi connectivity index (χ4v) is 6.59. The molecule has 1 aliphatic carbocycles. The third-order valence-corrected chi connectivity index (χ3v) is 8.26. The number of nitrogens with one attached hydrogen (secondary N) is 1. The van der Waals surface area contributed by atoms with Gasteiger partial charge in [0.1, 0.15) is 11.4 Å². The number of para-hydroxylation sites is 1. The summed E-state index contributed by atoms with van der Waals surface area (Å²) in [5.74, 6) is 2.36.